The number of quaternary nitrogens is 1. The lowest BCUT2D eigenvalue weighted by molar-refractivity contribution is -0.922. The number of hydrogen-bond acceptors (Lipinski definition) is 3. The number of hydrogen-bond donors (Lipinski definition) is 2. The van der Waals surface area contributed by atoms with Crippen LogP contribution in [0.3, 0.4) is 0 Å². The number of nitrogens with zero attached hydrogens (tertiary/aromatic N) is 1. The molecule has 1 aliphatic rings. The van der Waals surface area contributed by atoms with Gasteiger partial charge >= 0.3 is 0 Å². The van der Waals surface area contributed by atoms with Gasteiger partial charge < -0.3 is 19.9 Å². The molecule has 1 amide bonds. The molecule has 1 saturated heterocycles. The van der Waals surface area contributed by atoms with Crippen molar-refractivity contribution in [2.75, 3.05) is 43.5 Å². The molecule has 3 aromatic rings. The van der Waals surface area contributed by atoms with Crippen LogP contribution in [-0.4, -0.2) is 39.2 Å². The molecule has 0 aromatic heterocycles. The number of anilines is 2. The average molecular weight is 417 g/mol. The van der Waals surface area contributed by atoms with E-state index in [-0.39, 0.29) is 11.9 Å². The molecule has 1 atom stereocenters. The Labute approximate surface area is 184 Å². The zero-order chi connectivity index (χ0) is 21.6. The van der Waals surface area contributed by atoms with E-state index in [4.69, 9.17) is 4.74 Å². The molecule has 5 nitrogen and oxygen atoms in total. The first-order valence-corrected chi connectivity index (χ1v) is 10.8. The Kier molecular flexibility index (Phi) is 6.53. The van der Waals surface area contributed by atoms with Crippen LogP contribution in [0.5, 0.6) is 5.75 Å². The van der Waals surface area contributed by atoms with Crippen molar-refractivity contribution in [2.45, 2.75) is 13.0 Å². The van der Waals surface area contributed by atoms with Crippen molar-refractivity contribution in [3.63, 3.8) is 0 Å². The maximum absolute atomic E-state index is 13.5. The maximum Gasteiger partial charge on any atom is 0.287 e. The predicted octanol–water partition coefficient (Wildman–Crippen LogP) is 3.09. The predicted molar refractivity (Wildman–Crippen MR) is 125 cm³/mol. The van der Waals surface area contributed by atoms with Crippen LogP contribution in [0.1, 0.15) is 17.2 Å². The number of rotatable bonds is 6. The molecule has 0 saturated carbocycles. The SMILES string of the molecule is COc1ccc(C)cc1NC(=O)[C@@H](c1ccccc1)[NH+]1CCN(c2ccccc2)CC1. The van der Waals surface area contributed by atoms with E-state index >= 15 is 0 Å². The minimum absolute atomic E-state index is 0.00161. The third kappa shape index (κ3) is 4.89. The Balaban J connectivity index is 1.55. The summed E-state index contributed by atoms with van der Waals surface area (Å²) in [6.07, 6.45) is 0. The number of amides is 1. The molecule has 0 radical (unpaired) electrons. The van der Waals surface area contributed by atoms with E-state index in [2.05, 4.69) is 34.5 Å². The summed E-state index contributed by atoms with van der Waals surface area (Å²) in [4.78, 5) is 17.2. The van der Waals surface area contributed by atoms with E-state index in [0.717, 1.165) is 43.0 Å². The van der Waals surface area contributed by atoms with Gasteiger partial charge in [0.25, 0.3) is 5.91 Å². The van der Waals surface area contributed by atoms with Gasteiger partial charge in [0, 0.05) is 11.3 Å². The fraction of sp³-hybridized carbons (Fsp3) is 0.269. The van der Waals surface area contributed by atoms with Gasteiger partial charge in [0.05, 0.1) is 39.0 Å². The molecule has 5 heteroatoms. The Morgan fingerprint density at radius 1 is 0.968 bits per heavy atom. The van der Waals surface area contributed by atoms with Gasteiger partial charge in [-0.3, -0.25) is 4.79 Å². The highest BCUT2D eigenvalue weighted by Crippen LogP contribution is 2.26. The number of benzene rings is 3. The van der Waals surface area contributed by atoms with Gasteiger partial charge in [-0.1, -0.05) is 54.6 Å². The first kappa shape index (κ1) is 20.9. The normalized spacial score (nSPS) is 15.4. The number of piperazine rings is 1. The summed E-state index contributed by atoms with van der Waals surface area (Å²) in [5.41, 5.74) is 4.08. The van der Waals surface area contributed by atoms with Gasteiger partial charge in [-0.25, -0.2) is 0 Å². The van der Waals surface area contributed by atoms with Crippen molar-refractivity contribution in [1.82, 2.24) is 0 Å². The molecule has 3 aromatic carbocycles. The molecule has 4 rings (SSSR count). The van der Waals surface area contributed by atoms with Crippen LogP contribution in [0.4, 0.5) is 11.4 Å². The van der Waals surface area contributed by atoms with Crippen molar-refractivity contribution in [3.8, 4) is 5.75 Å². The molecule has 0 aliphatic carbocycles. The monoisotopic (exact) mass is 416 g/mol. The molecule has 2 N–H and O–H groups in total. The summed E-state index contributed by atoms with van der Waals surface area (Å²) in [5, 5.41) is 3.14. The smallest absolute Gasteiger partial charge is 0.287 e. The highest BCUT2D eigenvalue weighted by molar-refractivity contribution is 5.96. The van der Waals surface area contributed by atoms with Crippen molar-refractivity contribution in [1.29, 1.82) is 0 Å². The molecular formula is C26H30N3O2+. The molecule has 0 unspecified atom stereocenters. The lowest BCUT2D eigenvalue weighted by Crippen LogP contribution is -3.16. The lowest BCUT2D eigenvalue weighted by Gasteiger charge is -2.37. The molecule has 1 aliphatic heterocycles. The first-order valence-electron chi connectivity index (χ1n) is 10.8. The Bertz CT molecular complexity index is 1000. The zero-order valence-electron chi connectivity index (χ0n) is 18.2. The summed E-state index contributed by atoms with van der Waals surface area (Å²) in [6.45, 7) is 5.64. The summed E-state index contributed by atoms with van der Waals surface area (Å²) in [7, 11) is 1.63. The fourth-order valence-electron chi connectivity index (χ4n) is 4.32. The van der Waals surface area contributed by atoms with E-state index in [1.54, 1.807) is 7.11 Å². The number of aryl methyl sites for hydroxylation is 1. The van der Waals surface area contributed by atoms with Gasteiger partial charge in [0.2, 0.25) is 0 Å². The van der Waals surface area contributed by atoms with Crippen LogP contribution < -0.4 is 19.9 Å². The first-order chi connectivity index (χ1) is 15.2. The Morgan fingerprint density at radius 2 is 1.61 bits per heavy atom. The van der Waals surface area contributed by atoms with Gasteiger partial charge in [-0.05, 0) is 36.8 Å². The minimum Gasteiger partial charge on any atom is -0.495 e. The van der Waals surface area contributed by atoms with Gasteiger partial charge in [-0.2, -0.15) is 0 Å². The van der Waals surface area contributed by atoms with Crippen LogP contribution in [0.25, 0.3) is 0 Å². The number of carbonyl (C=O) groups is 1. The van der Waals surface area contributed by atoms with Crippen molar-refractivity contribution in [3.05, 3.63) is 90.0 Å². The van der Waals surface area contributed by atoms with Crippen molar-refractivity contribution in [2.24, 2.45) is 0 Å². The number of para-hydroxylation sites is 1. The number of ether oxygens (including phenoxy) is 1. The lowest BCUT2D eigenvalue weighted by atomic mass is 10.0. The van der Waals surface area contributed by atoms with Crippen molar-refractivity contribution < 1.29 is 14.4 Å². The molecule has 1 heterocycles. The molecule has 160 valence electrons. The number of methoxy groups -OCH3 is 1. The summed E-state index contributed by atoms with van der Waals surface area (Å²) in [5.74, 6) is 0.674. The molecule has 31 heavy (non-hydrogen) atoms. The topological polar surface area (TPSA) is 46.0 Å². The quantitative estimate of drug-likeness (QED) is 0.649. The van der Waals surface area contributed by atoms with Crippen LogP contribution in [0.2, 0.25) is 0 Å². The summed E-state index contributed by atoms with van der Waals surface area (Å²) >= 11 is 0. The second-order valence-electron chi connectivity index (χ2n) is 8.02. The fourth-order valence-corrected chi connectivity index (χ4v) is 4.32. The van der Waals surface area contributed by atoms with Crippen LogP contribution in [0, 0.1) is 6.92 Å². The third-order valence-corrected chi connectivity index (χ3v) is 5.94. The highest BCUT2D eigenvalue weighted by atomic mass is 16.5. The summed E-state index contributed by atoms with van der Waals surface area (Å²) in [6, 6.07) is 26.1. The molecule has 0 spiro atoms. The third-order valence-electron chi connectivity index (χ3n) is 5.94. The van der Waals surface area contributed by atoms with Gasteiger partial charge in [0.15, 0.2) is 6.04 Å². The second-order valence-corrected chi connectivity index (χ2v) is 8.02. The zero-order valence-corrected chi connectivity index (χ0v) is 18.2. The largest absolute Gasteiger partial charge is 0.495 e. The van der Waals surface area contributed by atoms with Crippen LogP contribution in [-0.2, 0) is 4.79 Å². The average Bonchev–Trinajstić information content (AvgIpc) is 2.81. The number of carbonyl (C=O) groups excluding carboxylic acids is 1. The second kappa shape index (κ2) is 9.67. The maximum atomic E-state index is 13.5. The van der Waals surface area contributed by atoms with Crippen molar-refractivity contribution >= 4 is 17.3 Å². The van der Waals surface area contributed by atoms with Crippen LogP contribution in [0.15, 0.2) is 78.9 Å². The van der Waals surface area contributed by atoms with Gasteiger partial charge in [0.1, 0.15) is 5.75 Å². The Hall–Kier alpha value is -3.31. The van der Waals surface area contributed by atoms with E-state index in [1.807, 2.05) is 61.5 Å². The van der Waals surface area contributed by atoms with Gasteiger partial charge in [-0.15, -0.1) is 0 Å². The Morgan fingerprint density at radius 3 is 2.26 bits per heavy atom. The van der Waals surface area contributed by atoms with E-state index in [1.165, 1.54) is 10.6 Å². The molecular weight excluding hydrogens is 386 g/mol. The molecule has 0 bridgehead atoms. The molecule has 1 fully saturated rings. The van der Waals surface area contributed by atoms with E-state index in [0.29, 0.717) is 5.75 Å². The summed E-state index contributed by atoms with van der Waals surface area (Å²) < 4.78 is 5.47. The van der Waals surface area contributed by atoms with E-state index < -0.39 is 0 Å². The minimum atomic E-state index is -0.274. The standard InChI is InChI=1S/C26H29N3O2/c1-20-13-14-24(31-2)23(19-20)27-26(30)25(21-9-5-3-6-10-21)29-17-15-28(16-18-29)22-11-7-4-8-12-22/h3-14,19,25H,15-18H2,1-2H3,(H,27,30)/p+1/t25-/m1/s1. The van der Waals surface area contributed by atoms with E-state index in [9.17, 15) is 4.79 Å². The highest BCUT2D eigenvalue weighted by Gasteiger charge is 2.34. The van der Waals surface area contributed by atoms with Crippen LogP contribution >= 0.6 is 0 Å². The number of nitrogens with one attached hydrogen (secondary N) is 2.